The largest absolute Gasteiger partial charge is 0.393 e. The van der Waals surface area contributed by atoms with Crippen LogP contribution in [0.1, 0.15) is 32.8 Å². The maximum absolute atomic E-state index is 12.5. The molecule has 0 aliphatic carbocycles. The average molecular weight is 388 g/mol. The number of halogens is 3. The van der Waals surface area contributed by atoms with Crippen LogP contribution in [0, 0.1) is 5.41 Å². The van der Waals surface area contributed by atoms with Gasteiger partial charge < -0.3 is 10.2 Å². The second kappa shape index (κ2) is 7.90. The Hall–Kier alpha value is -1.70. The zero-order chi connectivity index (χ0) is 19.5. The number of carbonyl (C=O) groups is 2. The zero-order valence-electron chi connectivity index (χ0n) is 15.0. The van der Waals surface area contributed by atoms with E-state index in [2.05, 4.69) is 5.32 Å². The van der Waals surface area contributed by atoms with Gasteiger partial charge >= 0.3 is 6.18 Å². The molecule has 1 atom stereocenters. The van der Waals surface area contributed by atoms with Crippen LogP contribution >= 0.6 is 11.8 Å². The van der Waals surface area contributed by atoms with E-state index in [9.17, 15) is 22.8 Å². The summed E-state index contributed by atoms with van der Waals surface area (Å²) in [6.07, 6.45) is -4.92. The van der Waals surface area contributed by atoms with Crippen molar-refractivity contribution >= 4 is 29.3 Å². The van der Waals surface area contributed by atoms with Crippen molar-refractivity contribution in [2.45, 2.75) is 45.8 Å². The minimum Gasteiger partial charge on any atom is -0.324 e. The molecule has 1 fully saturated rings. The molecule has 1 N–H and O–H groups in total. The number of nitrogens with zero attached hydrogens (tertiary/aromatic N) is 1. The van der Waals surface area contributed by atoms with Gasteiger partial charge in [0.05, 0.1) is 12.3 Å². The predicted octanol–water partition coefficient (Wildman–Crippen LogP) is 4.07. The molecular formula is C18H23F3N2O2S. The number of thioether (sulfide) groups is 1. The highest BCUT2D eigenvalue weighted by Gasteiger charge is 2.36. The van der Waals surface area contributed by atoms with Crippen LogP contribution in [0.3, 0.4) is 0 Å². The molecule has 4 nitrogen and oxygen atoms in total. The van der Waals surface area contributed by atoms with Crippen LogP contribution < -0.4 is 5.32 Å². The summed E-state index contributed by atoms with van der Waals surface area (Å²) in [6.45, 7) is 5.89. The molecule has 1 aromatic carbocycles. The molecule has 26 heavy (non-hydrogen) atoms. The van der Waals surface area contributed by atoms with E-state index in [1.807, 2.05) is 20.8 Å². The molecule has 0 saturated carbocycles. The average Bonchev–Trinajstić information content (AvgIpc) is 2.95. The van der Waals surface area contributed by atoms with Crippen molar-refractivity contribution in [3.05, 3.63) is 29.8 Å². The Bertz CT molecular complexity index is 654. The van der Waals surface area contributed by atoms with Crippen molar-refractivity contribution < 1.29 is 22.8 Å². The van der Waals surface area contributed by atoms with Crippen molar-refractivity contribution in [1.82, 2.24) is 4.90 Å². The number of nitrogens with one attached hydrogen (secondary N) is 1. The molecule has 1 heterocycles. The summed E-state index contributed by atoms with van der Waals surface area (Å²) in [7, 11) is 0. The third kappa shape index (κ3) is 6.23. The summed E-state index contributed by atoms with van der Waals surface area (Å²) in [4.78, 5) is 26.5. The first kappa shape index (κ1) is 20.6. The first-order valence-corrected chi connectivity index (χ1v) is 9.44. The normalized spacial score (nSPS) is 18.1. The van der Waals surface area contributed by atoms with E-state index >= 15 is 0 Å². The second-order valence-electron chi connectivity index (χ2n) is 7.59. The van der Waals surface area contributed by atoms with Crippen LogP contribution in [0.2, 0.25) is 0 Å². The Morgan fingerprint density at radius 2 is 1.81 bits per heavy atom. The van der Waals surface area contributed by atoms with E-state index in [1.165, 1.54) is 36.0 Å². The lowest BCUT2D eigenvalue weighted by molar-refractivity contribution is -0.137. The Morgan fingerprint density at radius 3 is 2.35 bits per heavy atom. The molecule has 0 aromatic heterocycles. The van der Waals surface area contributed by atoms with Gasteiger partial charge in [-0.05, 0) is 23.1 Å². The minimum atomic E-state index is -4.26. The monoisotopic (exact) mass is 388 g/mol. The number of benzene rings is 1. The third-order valence-electron chi connectivity index (χ3n) is 3.81. The Balaban J connectivity index is 1.99. The van der Waals surface area contributed by atoms with Gasteiger partial charge in [0.1, 0.15) is 6.04 Å². The standard InChI is InChI=1S/C18H23F3N2O2S/c1-17(2,3)9-15(24)23-11-26-10-14(23)16(25)22-13-6-4-12(5-7-13)8-18(19,20)21/h4-7,14H,8-11H2,1-3H3,(H,22,25)/t14-/m1/s1. The van der Waals surface area contributed by atoms with Gasteiger partial charge in [-0.3, -0.25) is 9.59 Å². The number of alkyl halides is 3. The fraction of sp³-hybridized carbons (Fsp3) is 0.556. The topological polar surface area (TPSA) is 49.4 Å². The van der Waals surface area contributed by atoms with Gasteiger partial charge in [0.15, 0.2) is 0 Å². The Kier molecular flexibility index (Phi) is 6.26. The number of carbonyl (C=O) groups excluding carboxylic acids is 2. The molecule has 2 amide bonds. The molecule has 144 valence electrons. The summed E-state index contributed by atoms with van der Waals surface area (Å²) in [5, 5.41) is 2.69. The molecule has 0 unspecified atom stereocenters. The van der Waals surface area contributed by atoms with Crippen molar-refractivity contribution in [3.8, 4) is 0 Å². The number of hydrogen-bond acceptors (Lipinski definition) is 3. The lowest BCUT2D eigenvalue weighted by atomic mass is 9.91. The molecule has 1 aromatic rings. The van der Waals surface area contributed by atoms with Crippen LogP contribution in [0.15, 0.2) is 24.3 Å². The number of hydrogen-bond donors (Lipinski definition) is 1. The van der Waals surface area contributed by atoms with E-state index in [0.29, 0.717) is 23.7 Å². The lowest BCUT2D eigenvalue weighted by Gasteiger charge is -2.26. The lowest BCUT2D eigenvalue weighted by Crippen LogP contribution is -2.45. The molecule has 0 bridgehead atoms. The highest BCUT2D eigenvalue weighted by molar-refractivity contribution is 7.99. The van der Waals surface area contributed by atoms with E-state index in [4.69, 9.17) is 0 Å². The van der Waals surface area contributed by atoms with Crippen LogP contribution in [0.25, 0.3) is 0 Å². The quantitative estimate of drug-likeness (QED) is 0.846. The van der Waals surface area contributed by atoms with E-state index in [0.717, 1.165) is 0 Å². The van der Waals surface area contributed by atoms with E-state index < -0.39 is 18.6 Å². The first-order chi connectivity index (χ1) is 11.9. The molecule has 1 aliphatic heterocycles. The van der Waals surface area contributed by atoms with Gasteiger partial charge in [-0.2, -0.15) is 13.2 Å². The maximum atomic E-state index is 12.5. The van der Waals surface area contributed by atoms with Gasteiger partial charge in [0.25, 0.3) is 0 Å². The van der Waals surface area contributed by atoms with Crippen molar-refractivity contribution in [2.75, 3.05) is 16.9 Å². The van der Waals surface area contributed by atoms with Crippen molar-refractivity contribution in [1.29, 1.82) is 0 Å². The third-order valence-corrected chi connectivity index (χ3v) is 4.83. The first-order valence-electron chi connectivity index (χ1n) is 8.28. The fourth-order valence-corrected chi connectivity index (χ4v) is 3.80. The predicted molar refractivity (Wildman–Crippen MR) is 96.9 cm³/mol. The number of amides is 2. The highest BCUT2D eigenvalue weighted by Crippen LogP contribution is 2.27. The van der Waals surface area contributed by atoms with Crippen molar-refractivity contribution in [2.24, 2.45) is 5.41 Å². The van der Waals surface area contributed by atoms with Crippen molar-refractivity contribution in [3.63, 3.8) is 0 Å². The van der Waals surface area contributed by atoms with Crippen LogP contribution in [-0.4, -0.2) is 40.6 Å². The van der Waals surface area contributed by atoms with Crippen LogP contribution in [0.5, 0.6) is 0 Å². The summed E-state index contributed by atoms with van der Waals surface area (Å²) >= 11 is 1.51. The van der Waals surface area contributed by atoms with Crippen LogP contribution in [0.4, 0.5) is 18.9 Å². The van der Waals surface area contributed by atoms with E-state index in [-0.39, 0.29) is 22.8 Å². The molecule has 1 saturated heterocycles. The summed E-state index contributed by atoms with van der Waals surface area (Å²) < 4.78 is 37.1. The Labute approximate surface area is 155 Å². The SMILES string of the molecule is CC(C)(C)CC(=O)N1CSC[C@@H]1C(=O)Nc1ccc(CC(F)(F)F)cc1. The van der Waals surface area contributed by atoms with Gasteiger partial charge in [-0.25, -0.2) is 0 Å². The second-order valence-corrected chi connectivity index (χ2v) is 8.59. The van der Waals surface area contributed by atoms with Gasteiger partial charge in [-0.1, -0.05) is 32.9 Å². The minimum absolute atomic E-state index is 0.0665. The number of anilines is 1. The molecule has 1 aliphatic rings. The Morgan fingerprint density at radius 1 is 1.19 bits per heavy atom. The zero-order valence-corrected chi connectivity index (χ0v) is 15.8. The summed E-state index contributed by atoms with van der Waals surface area (Å²) in [5.74, 6) is 0.592. The molecule has 0 radical (unpaired) electrons. The van der Waals surface area contributed by atoms with E-state index in [1.54, 1.807) is 4.90 Å². The smallest absolute Gasteiger partial charge is 0.324 e. The summed E-state index contributed by atoms with van der Waals surface area (Å²) in [6, 6.07) is 5.01. The highest BCUT2D eigenvalue weighted by atomic mass is 32.2. The van der Waals surface area contributed by atoms with Gasteiger partial charge in [-0.15, -0.1) is 11.8 Å². The fourth-order valence-electron chi connectivity index (χ4n) is 2.62. The van der Waals surface area contributed by atoms with Crippen LogP contribution in [-0.2, 0) is 16.0 Å². The van der Waals surface area contributed by atoms with Gasteiger partial charge in [0, 0.05) is 17.9 Å². The number of rotatable bonds is 4. The summed E-state index contributed by atoms with van der Waals surface area (Å²) in [5.41, 5.74) is 0.384. The molecule has 2 rings (SSSR count). The molecule has 0 spiro atoms. The van der Waals surface area contributed by atoms with Gasteiger partial charge in [0.2, 0.25) is 11.8 Å². The molecule has 8 heteroatoms. The molecular weight excluding hydrogens is 365 g/mol. The maximum Gasteiger partial charge on any atom is 0.393 e.